The summed E-state index contributed by atoms with van der Waals surface area (Å²) in [6.07, 6.45) is 0. The predicted octanol–water partition coefficient (Wildman–Crippen LogP) is 3.66. The standard InChI is InChI=1S/C23H25NO4/c1-22(2,3)20(25)24-17-12-11-15(27-4)13-16(17)18-19(24)23(18,21(26)28-5)14-9-7-6-8-10-14/h6-13,18-19H,1-5H3/t18-,19+,23+/m1/s1. The van der Waals surface area contributed by atoms with Gasteiger partial charge in [-0.05, 0) is 29.3 Å². The molecule has 1 saturated carbocycles. The average Bonchev–Trinajstić information content (AvgIpc) is 3.26. The third kappa shape index (κ3) is 2.32. The van der Waals surface area contributed by atoms with Crippen LogP contribution in [0, 0.1) is 5.41 Å². The van der Waals surface area contributed by atoms with E-state index < -0.39 is 10.8 Å². The fourth-order valence-electron chi connectivity index (χ4n) is 4.61. The highest BCUT2D eigenvalue weighted by molar-refractivity contribution is 6.07. The van der Waals surface area contributed by atoms with E-state index in [1.54, 1.807) is 7.11 Å². The topological polar surface area (TPSA) is 55.8 Å². The molecule has 146 valence electrons. The molecule has 1 amide bonds. The number of methoxy groups -OCH3 is 2. The van der Waals surface area contributed by atoms with Crippen molar-refractivity contribution in [2.75, 3.05) is 19.1 Å². The van der Waals surface area contributed by atoms with Gasteiger partial charge in [0.15, 0.2) is 0 Å². The van der Waals surface area contributed by atoms with Crippen molar-refractivity contribution in [1.82, 2.24) is 0 Å². The number of nitrogens with zero attached hydrogens (tertiary/aromatic N) is 1. The Hall–Kier alpha value is -2.82. The molecule has 5 nitrogen and oxygen atoms in total. The van der Waals surface area contributed by atoms with Crippen LogP contribution in [0.15, 0.2) is 48.5 Å². The maximum Gasteiger partial charge on any atom is 0.319 e. The molecule has 0 spiro atoms. The summed E-state index contributed by atoms with van der Waals surface area (Å²) in [5, 5.41) is 0. The van der Waals surface area contributed by atoms with Crippen molar-refractivity contribution in [3.63, 3.8) is 0 Å². The normalized spacial score (nSPS) is 25.0. The van der Waals surface area contributed by atoms with Gasteiger partial charge in [0.05, 0.1) is 20.3 Å². The number of fused-ring (bicyclic) bond motifs is 3. The maximum atomic E-state index is 13.4. The van der Waals surface area contributed by atoms with Crippen LogP contribution in [0.25, 0.3) is 0 Å². The first-order valence-corrected chi connectivity index (χ1v) is 9.44. The number of benzene rings is 2. The van der Waals surface area contributed by atoms with Crippen molar-refractivity contribution in [2.45, 2.75) is 38.1 Å². The Balaban J connectivity index is 1.94. The van der Waals surface area contributed by atoms with Gasteiger partial charge in [-0.3, -0.25) is 9.59 Å². The molecular weight excluding hydrogens is 354 g/mol. The fourth-order valence-corrected chi connectivity index (χ4v) is 4.61. The lowest BCUT2D eigenvalue weighted by Crippen LogP contribution is -2.45. The summed E-state index contributed by atoms with van der Waals surface area (Å²) in [6, 6.07) is 15.0. The Kier molecular flexibility index (Phi) is 4.03. The van der Waals surface area contributed by atoms with E-state index in [0.29, 0.717) is 5.75 Å². The smallest absolute Gasteiger partial charge is 0.319 e. The van der Waals surface area contributed by atoms with E-state index in [4.69, 9.17) is 9.47 Å². The van der Waals surface area contributed by atoms with Gasteiger partial charge in [-0.1, -0.05) is 51.1 Å². The lowest BCUT2D eigenvalue weighted by Gasteiger charge is -2.32. The Morgan fingerprint density at radius 3 is 2.29 bits per heavy atom. The average molecular weight is 379 g/mol. The van der Waals surface area contributed by atoms with Crippen LogP contribution >= 0.6 is 0 Å². The third-order valence-corrected chi connectivity index (χ3v) is 5.91. The van der Waals surface area contributed by atoms with E-state index in [2.05, 4.69) is 0 Å². The first kappa shape index (κ1) is 18.5. The molecule has 0 N–H and O–H groups in total. The van der Waals surface area contributed by atoms with E-state index in [1.807, 2.05) is 74.2 Å². The maximum absolute atomic E-state index is 13.4. The first-order chi connectivity index (χ1) is 13.3. The number of carbonyl (C=O) groups is 2. The van der Waals surface area contributed by atoms with Crippen molar-refractivity contribution in [2.24, 2.45) is 5.41 Å². The summed E-state index contributed by atoms with van der Waals surface area (Å²) >= 11 is 0. The van der Waals surface area contributed by atoms with E-state index in [0.717, 1.165) is 16.8 Å². The van der Waals surface area contributed by atoms with Gasteiger partial charge in [0.2, 0.25) is 5.91 Å². The molecule has 1 aliphatic carbocycles. The minimum atomic E-state index is -0.893. The number of carbonyl (C=O) groups excluding carboxylic acids is 2. The fraction of sp³-hybridized carbons (Fsp3) is 0.391. The van der Waals surface area contributed by atoms with Gasteiger partial charge in [0.25, 0.3) is 0 Å². The van der Waals surface area contributed by atoms with Crippen LogP contribution in [0.1, 0.15) is 37.8 Å². The summed E-state index contributed by atoms with van der Waals surface area (Å²) in [5.74, 6) is 0.238. The molecule has 4 rings (SSSR count). The zero-order chi connectivity index (χ0) is 20.3. The molecule has 2 aromatic carbocycles. The number of hydrogen-bond donors (Lipinski definition) is 0. The summed E-state index contributed by atoms with van der Waals surface area (Å²) < 4.78 is 10.7. The van der Waals surface area contributed by atoms with E-state index >= 15 is 0 Å². The molecule has 1 fully saturated rings. The monoisotopic (exact) mass is 379 g/mol. The van der Waals surface area contributed by atoms with Crippen LogP contribution in [0.3, 0.4) is 0 Å². The minimum Gasteiger partial charge on any atom is -0.497 e. The largest absolute Gasteiger partial charge is 0.497 e. The Morgan fingerprint density at radius 1 is 1.04 bits per heavy atom. The summed E-state index contributed by atoms with van der Waals surface area (Å²) in [6.45, 7) is 5.70. The van der Waals surface area contributed by atoms with Crippen molar-refractivity contribution in [1.29, 1.82) is 0 Å². The van der Waals surface area contributed by atoms with Gasteiger partial charge in [-0.25, -0.2) is 0 Å². The number of amides is 1. The molecule has 0 bridgehead atoms. The quantitative estimate of drug-likeness (QED) is 0.764. The number of ether oxygens (including phenoxy) is 2. The Labute approximate surface area is 165 Å². The molecule has 2 aromatic rings. The number of esters is 1. The number of anilines is 1. The van der Waals surface area contributed by atoms with Crippen LogP contribution < -0.4 is 9.64 Å². The van der Waals surface area contributed by atoms with Crippen LogP contribution in [-0.4, -0.2) is 32.1 Å². The predicted molar refractivity (Wildman–Crippen MR) is 107 cm³/mol. The summed E-state index contributed by atoms with van der Waals surface area (Å²) in [4.78, 5) is 28.3. The molecular formula is C23H25NO4. The van der Waals surface area contributed by atoms with Crippen molar-refractivity contribution in [3.8, 4) is 5.75 Å². The van der Waals surface area contributed by atoms with Gasteiger partial charge in [0.1, 0.15) is 11.2 Å². The second kappa shape index (κ2) is 6.09. The zero-order valence-corrected chi connectivity index (χ0v) is 16.9. The minimum absolute atomic E-state index is 0.00636. The summed E-state index contributed by atoms with van der Waals surface area (Å²) in [5.41, 5.74) is 1.21. The van der Waals surface area contributed by atoms with Crippen LogP contribution in [0.4, 0.5) is 5.69 Å². The van der Waals surface area contributed by atoms with Gasteiger partial charge >= 0.3 is 5.97 Å². The molecule has 1 heterocycles. The summed E-state index contributed by atoms with van der Waals surface area (Å²) in [7, 11) is 3.02. The lowest BCUT2D eigenvalue weighted by molar-refractivity contribution is -0.144. The van der Waals surface area contributed by atoms with Crippen molar-refractivity contribution >= 4 is 17.6 Å². The molecule has 3 atom stereocenters. The molecule has 28 heavy (non-hydrogen) atoms. The molecule has 0 saturated heterocycles. The highest BCUT2D eigenvalue weighted by Crippen LogP contribution is 2.70. The molecule has 1 aliphatic heterocycles. The molecule has 0 aromatic heterocycles. The molecule has 2 aliphatic rings. The van der Waals surface area contributed by atoms with Crippen molar-refractivity contribution in [3.05, 3.63) is 59.7 Å². The Morgan fingerprint density at radius 2 is 1.71 bits per heavy atom. The van der Waals surface area contributed by atoms with Crippen LogP contribution in [0.2, 0.25) is 0 Å². The first-order valence-electron chi connectivity index (χ1n) is 9.44. The van der Waals surface area contributed by atoms with Crippen LogP contribution in [0.5, 0.6) is 5.75 Å². The third-order valence-electron chi connectivity index (χ3n) is 5.91. The Bertz CT molecular complexity index is 947. The number of rotatable bonds is 3. The second-order valence-corrected chi connectivity index (χ2v) is 8.50. The van der Waals surface area contributed by atoms with Gasteiger partial charge in [0, 0.05) is 17.0 Å². The van der Waals surface area contributed by atoms with Gasteiger partial charge in [-0.2, -0.15) is 0 Å². The van der Waals surface area contributed by atoms with Gasteiger partial charge in [-0.15, -0.1) is 0 Å². The van der Waals surface area contributed by atoms with Crippen molar-refractivity contribution < 1.29 is 19.1 Å². The SMILES string of the molecule is COC(=O)[C@@]1(c2ccccc2)[C@@H]2c3cc(OC)ccc3N(C(=O)C(C)(C)C)[C@@H]21. The highest BCUT2D eigenvalue weighted by atomic mass is 16.5. The van der Waals surface area contributed by atoms with E-state index in [9.17, 15) is 9.59 Å². The van der Waals surface area contributed by atoms with E-state index in [1.165, 1.54) is 7.11 Å². The van der Waals surface area contributed by atoms with E-state index in [-0.39, 0.29) is 23.8 Å². The molecule has 5 heteroatoms. The zero-order valence-electron chi connectivity index (χ0n) is 16.9. The van der Waals surface area contributed by atoms with Crippen LogP contribution in [-0.2, 0) is 19.7 Å². The highest BCUT2D eigenvalue weighted by Gasteiger charge is 2.78. The molecule has 0 unspecified atom stereocenters. The number of hydrogen-bond acceptors (Lipinski definition) is 4. The molecule has 0 radical (unpaired) electrons. The second-order valence-electron chi connectivity index (χ2n) is 8.50. The lowest BCUT2D eigenvalue weighted by atomic mass is 9.87. The van der Waals surface area contributed by atoms with Gasteiger partial charge < -0.3 is 14.4 Å².